The van der Waals surface area contributed by atoms with E-state index in [4.69, 9.17) is 0 Å². The highest BCUT2D eigenvalue weighted by molar-refractivity contribution is 7.15. The van der Waals surface area contributed by atoms with E-state index < -0.39 is 0 Å². The summed E-state index contributed by atoms with van der Waals surface area (Å²) in [5.41, 5.74) is 3.69. The van der Waals surface area contributed by atoms with Gasteiger partial charge in [-0.1, -0.05) is 43.4 Å². The van der Waals surface area contributed by atoms with E-state index >= 15 is 0 Å². The number of amides is 1. The van der Waals surface area contributed by atoms with E-state index in [1.165, 1.54) is 11.3 Å². The summed E-state index contributed by atoms with van der Waals surface area (Å²) in [4.78, 5) is 12.9. The van der Waals surface area contributed by atoms with Gasteiger partial charge in [0.15, 0.2) is 5.69 Å². The molecule has 0 radical (unpaired) electrons. The largest absolute Gasteiger partial charge is 0.295 e. The fourth-order valence-electron chi connectivity index (χ4n) is 3.65. The maximum atomic E-state index is 12.9. The Morgan fingerprint density at radius 3 is 2.70 bits per heavy atom. The van der Waals surface area contributed by atoms with E-state index in [1.807, 2.05) is 35.0 Å². The van der Waals surface area contributed by atoms with E-state index in [2.05, 4.69) is 34.5 Å². The molecule has 0 spiro atoms. The third kappa shape index (κ3) is 3.39. The molecular formula is C20H23N5OS. The smallest absolute Gasteiger partial charge is 0.278 e. The first kappa shape index (κ1) is 17.9. The van der Waals surface area contributed by atoms with E-state index in [1.54, 1.807) is 0 Å². The molecule has 140 valence electrons. The lowest BCUT2D eigenvalue weighted by Gasteiger charge is -2.05. The Balaban J connectivity index is 1.60. The molecule has 0 aliphatic heterocycles. The van der Waals surface area contributed by atoms with Crippen LogP contribution in [0.15, 0.2) is 30.3 Å². The van der Waals surface area contributed by atoms with E-state index in [0.29, 0.717) is 16.7 Å². The SMILES string of the molecule is CCC(CC)c1nnc(NC(=O)c2nn(-c3ccccc3)c3c2CCC3)s1. The van der Waals surface area contributed by atoms with Gasteiger partial charge in [0.05, 0.1) is 5.69 Å². The summed E-state index contributed by atoms with van der Waals surface area (Å²) < 4.78 is 1.91. The van der Waals surface area contributed by atoms with Gasteiger partial charge in [-0.25, -0.2) is 4.68 Å². The Morgan fingerprint density at radius 1 is 1.19 bits per heavy atom. The lowest BCUT2D eigenvalue weighted by atomic mass is 10.1. The molecule has 1 aliphatic carbocycles. The highest BCUT2D eigenvalue weighted by Crippen LogP contribution is 2.30. The minimum Gasteiger partial charge on any atom is -0.295 e. The molecule has 2 aromatic heterocycles. The molecule has 0 bridgehead atoms. The second-order valence-electron chi connectivity index (χ2n) is 6.79. The molecule has 6 nitrogen and oxygen atoms in total. The van der Waals surface area contributed by atoms with E-state index in [0.717, 1.165) is 54.1 Å². The number of anilines is 1. The van der Waals surface area contributed by atoms with Crippen LogP contribution in [-0.2, 0) is 12.8 Å². The van der Waals surface area contributed by atoms with Gasteiger partial charge in [-0.2, -0.15) is 5.10 Å². The standard InChI is InChI=1S/C20H23N5OS/c1-3-13(4-2)19-22-23-20(27-19)21-18(26)17-15-11-8-12-16(15)25(24-17)14-9-6-5-7-10-14/h5-7,9-10,13H,3-4,8,11-12H2,1-2H3,(H,21,23,26). The van der Waals surface area contributed by atoms with Gasteiger partial charge in [-0.15, -0.1) is 10.2 Å². The van der Waals surface area contributed by atoms with Gasteiger partial charge in [-0.05, 0) is 44.2 Å². The first-order chi connectivity index (χ1) is 13.2. The Labute approximate surface area is 162 Å². The average molecular weight is 382 g/mol. The Morgan fingerprint density at radius 2 is 1.96 bits per heavy atom. The molecule has 0 fully saturated rings. The number of hydrogen-bond donors (Lipinski definition) is 1. The lowest BCUT2D eigenvalue weighted by Crippen LogP contribution is -2.14. The van der Waals surface area contributed by atoms with Crippen molar-refractivity contribution in [2.24, 2.45) is 0 Å². The van der Waals surface area contributed by atoms with Crippen molar-refractivity contribution in [3.05, 3.63) is 52.3 Å². The number of nitrogens with zero attached hydrogens (tertiary/aromatic N) is 4. The van der Waals surface area contributed by atoms with Crippen LogP contribution >= 0.6 is 11.3 Å². The highest BCUT2D eigenvalue weighted by atomic mass is 32.1. The Bertz CT molecular complexity index is 943. The summed E-state index contributed by atoms with van der Waals surface area (Å²) in [5, 5.41) is 17.5. The van der Waals surface area contributed by atoms with Crippen LogP contribution in [0.2, 0.25) is 0 Å². The maximum Gasteiger partial charge on any atom is 0.278 e. The average Bonchev–Trinajstić information content (AvgIpc) is 3.40. The summed E-state index contributed by atoms with van der Waals surface area (Å²) >= 11 is 1.46. The zero-order chi connectivity index (χ0) is 18.8. The monoisotopic (exact) mass is 381 g/mol. The molecule has 7 heteroatoms. The van der Waals surface area contributed by atoms with Crippen LogP contribution < -0.4 is 5.32 Å². The van der Waals surface area contributed by atoms with Gasteiger partial charge < -0.3 is 0 Å². The number of rotatable bonds is 6. The highest BCUT2D eigenvalue weighted by Gasteiger charge is 2.27. The van der Waals surface area contributed by atoms with Crippen LogP contribution in [0.25, 0.3) is 5.69 Å². The molecule has 0 saturated heterocycles. The lowest BCUT2D eigenvalue weighted by molar-refractivity contribution is 0.102. The van der Waals surface area contributed by atoms with Crippen molar-refractivity contribution in [2.45, 2.75) is 51.9 Å². The quantitative estimate of drug-likeness (QED) is 0.688. The molecule has 0 atom stereocenters. The number of nitrogens with one attached hydrogen (secondary N) is 1. The molecule has 1 aliphatic rings. The predicted octanol–water partition coefficient (Wildman–Crippen LogP) is 4.37. The normalized spacial score (nSPS) is 13.1. The van der Waals surface area contributed by atoms with Gasteiger partial charge in [0.25, 0.3) is 5.91 Å². The molecule has 1 N–H and O–H groups in total. The molecule has 1 amide bonds. The van der Waals surface area contributed by atoms with Crippen LogP contribution in [-0.4, -0.2) is 25.9 Å². The van der Waals surface area contributed by atoms with E-state index in [-0.39, 0.29) is 5.91 Å². The van der Waals surface area contributed by atoms with Crippen LogP contribution in [0.3, 0.4) is 0 Å². The number of benzene rings is 1. The van der Waals surface area contributed by atoms with Crippen LogP contribution in [0.1, 0.15) is 65.8 Å². The minimum atomic E-state index is -0.199. The predicted molar refractivity (Wildman–Crippen MR) is 107 cm³/mol. The molecule has 4 rings (SSSR count). The third-order valence-electron chi connectivity index (χ3n) is 5.14. The molecule has 3 aromatic rings. The number of hydrogen-bond acceptors (Lipinski definition) is 5. The molecule has 1 aromatic carbocycles. The van der Waals surface area contributed by atoms with Crippen LogP contribution in [0, 0.1) is 0 Å². The Hall–Kier alpha value is -2.54. The third-order valence-corrected chi connectivity index (χ3v) is 6.14. The van der Waals surface area contributed by atoms with Crippen molar-refractivity contribution >= 4 is 22.4 Å². The van der Waals surface area contributed by atoms with Crippen molar-refractivity contribution in [1.29, 1.82) is 0 Å². The summed E-state index contributed by atoms with van der Waals surface area (Å²) in [5.74, 6) is 0.199. The zero-order valence-corrected chi connectivity index (χ0v) is 16.4. The molecule has 2 heterocycles. The van der Waals surface area contributed by atoms with Crippen molar-refractivity contribution in [3.8, 4) is 5.69 Å². The topological polar surface area (TPSA) is 72.7 Å². The maximum absolute atomic E-state index is 12.9. The van der Waals surface area contributed by atoms with Gasteiger partial charge in [0.2, 0.25) is 5.13 Å². The van der Waals surface area contributed by atoms with E-state index in [9.17, 15) is 4.79 Å². The van der Waals surface area contributed by atoms with Crippen LogP contribution in [0.5, 0.6) is 0 Å². The molecule has 0 saturated carbocycles. The fraction of sp³-hybridized carbons (Fsp3) is 0.400. The number of aromatic nitrogens is 4. The van der Waals surface area contributed by atoms with Crippen molar-refractivity contribution in [2.75, 3.05) is 5.32 Å². The van der Waals surface area contributed by atoms with Crippen molar-refractivity contribution in [3.63, 3.8) is 0 Å². The number of carbonyl (C=O) groups excluding carboxylic acids is 1. The fourth-order valence-corrected chi connectivity index (χ4v) is 4.65. The number of carbonyl (C=O) groups is 1. The minimum absolute atomic E-state index is 0.199. The number of fused-ring (bicyclic) bond motifs is 1. The van der Waals surface area contributed by atoms with Gasteiger partial charge in [0, 0.05) is 17.2 Å². The number of para-hydroxylation sites is 1. The summed E-state index contributed by atoms with van der Waals surface area (Å²) in [7, 11) is 0. The molecule has 0 unspecified atom stereocenters. The summed E-state index contributed by atoms with van der Waals surface area (Å²) in [6, 6.07) is 9.98. The first-order valence-corrected chi connectivity index (χ1v) is 10.3. The first-order valence-electron chi connectivity index (χ1n) is 9.52. The second kappa shape index (κ2) is 7.60. The summed E-state index contributed by atoms with van der Waals surface area (Å²) in [6.45, 7) is 4.29. The van der Waals surface area contributed by atoms with Gasteiger partial charge in [0.1, 0.15) is 5.01 Å². The van der Waals surface area contributed by atoms with Crippen LogP contribution in [0.4, 0.5) is 5.13 Å². The van der Waals surface area contributed by atoms with Gasteiger partial charge in [-0.3, -0.25) is 10.1 Å². The molecule has 27 heavy (non-hydrogen) atoms. The second-order valence-corrected chi connectivity index (χ2v) is 7.80. The Kier molecular flexibility index (Phi) is 5.03. The molecular weight excluding hydrogens is 358 g/mol. The van der Waals surface area contributed by atoms with Crippen molar-refractivity contribution < 1.29 is 4.79 Å². The zero-order valence-electron chi connectivity index (χ0n) is 15.6. The summed E-state index contributed by atoms with van der Waals surface area (Å²) in [6.07, 6.45) is 4.93. The van der Waals surface area contributed by atoms with Gasteiger partial charge >= 0.3 is 0 Å². The van der Waals surface area contributed by atoms with Crippen molar-refractivity contribution in [1.82, 2.24) is 20.0 Å².